The van der Waals surface area contributed by atoms with Crippen LogP contribution in [0.3, 0.4) is 0 Å². The average molecular weight is 281 g/mol. The van der Waals surface area contributed by atoms with Crippen molar-refractivity contribution in [3.63, 3.8) is 0 Å². The van der Waals surface area contributed by atoms with Gasteiger partial charge >= 0.3 is 0 Å². The number of nitrogens with one attached hydrogen (secondary N) is 2. The fraction of sp³-hybridized carbons (Fsp3) is 0.571. The molecule has 0 bridgehead atoms. The topological polar surface area (TPSA) is 63.2 Å². The van der Waals surface area contributed by atoms with E-state index in [1.807, 2.05) is 6.92 Å². The molecule has 2 N–H and O–H groups in total. The van der Waals surface area contributed by atoms with Gasteiger partial charge in [-0.3, -0.25) is 4.79 Å². The van der Waals surface area contributed by atoms with Crippen molar-refractivity contribution in [2.75, 3.05) is 25.0 Å². The van der Waals surface area contributed by atoms with Gasteiger partial charge in [0.15, 0.2) is 0 Å². The molecule has 0 radical (unpaired) electrons. The van der Waals surface area contributed by atoms with Crippen LogP contribution in [0.1, 0.15) is 36.5 Å². The zero-order chi connectivity index (χ0) is 14.4. The maximum absolute atomic E-state index is 13.2. The Kier molecular flexibility index (Phi) is 5.29. The molecule has 1 saturated heterocycles. The number of anilines is 1. The Hall–Kier alpha value is -1.69. The molecule has 6 heteroatoms. The number of halogens is 1. The normalized spacial score (nSPS) is 18.0. The number of carbonyl (C=O) groups excluding carboxylic acids is 1. The van der Waals surface area contributed by atoms with Gasteiger partial charge in [0, 0.05) is 19.7 Å². The van der Waals surface area contributed by atoms with E-state index in [-0.39, 0.29) is 17.6 Å². The minimum atomic E-state index is -0.518. The zero-order valence-electron chi connectivity index (χ0n) is 11.6. The van der Waals surface area contributed by atoms with Gasteiger partial charge in [-0.15, -0.1) is 0 Å². The van der Waals surface area contributed by atoms with Crippen molar-refractivity contribution >= 4 is 11.7 Å². The number of carbonyl (C=O) groups is 1. The number of aromatic nitrogens is 1. The number of pyridine rings is 1. The summed E-state index contributed by atoms with van der Waals surface area (Å²) < 4.78 is 18.7. The predicted octanol–water partition coefficient (Wildman–Crippen LogP) is 1.95. The highest BCUT2D eigenvalue weighted by Crippen LogP contribution is 2.15. The third-order valence-electron chi connectivity index (χ3n) is 3.22. The second kappa shape index (κ2) is 7.19. The van der Waals surface area contributed by atoms with Gasteiger partial charge in [0.2, 0.25) is 0 Å². The van der Waals surface area contributed by atoms with Crippen molar-refractivity contribution in [2.24, 2.45) is 0 Å². The lowest BCUT2D eigenvalue weighted by Gasteiger charge is -2.12. The smallest absolute Gasteiger partial charge is 0.255 e. The van der Waals surface area contributed by atoms with Crippen molar-refractivity contribution in [1.29, 1.82) is 0 Å². The standard InChI is InChI=1S/C14H20FN3O2/c1-2-16-13-12(8-10(15)9-18-13)14(19)17-6-5-11-4-3-7-20-11/h8-9,11H,2-7H2,1H3,(H,16,18)(H,17,19). The highest BCUT2D eigenvalue weighted by Gasteiger charge is 2.17. The second-order valence-corrected chi connectivity index (χ2v) is 4.76. The second-order valence-electron chi connectivity index (χ2n) is 4.76. The van der Waals surface area contributed by atoms with Crippen LogP contribution in [0.4, 0.5) is 10.2 Å². The Bertz CT molecular complexity index is 462. The third kappa shape index (κ3) is 3.90. The lowest BCUT2D eigenvalue weighted by atomic mass is 10.2. The van der Waals surface area contributed by atoms with Gasteiger partial charge in [-0.2, -0.15) is 0 Å². The van der Waals surface area contributed by atoms with E-state index in [9.17, 15) is 9.18 Å². The summed E-state index contributed by atoms with van der Waals surface area (Å²) in [6.07, 6.45) is 4.23. The Labute approximate surface area is 117 Å². The minimum absolute atomic E-state index is 0.231. The van der Waals surface area contributed by atoms with Crippen molar-refractivity contribution in [3.05, 3.63) is 23.6 Å². The van der Waals surface area contributed by atoms with E-state index in [4.69, 9.17) is 4.74 Å². The number of ether oxygens (including phenoxy) is 1. The van der Waals surface area contributed by atoms with Gasteiger partial charge in [0.05, 0.1) is 17.9 Å². The van der Waals surface area contributed by atoms with E-state index in [2.05, 4.69) is 15.6 Å². The van der Waals surface area contributed by atoms with Crippen molar-refractivity contribution in [2.45, 2.75) is 32.3 Å². The Balaban J connectivity index is 1.91. The van der Waals surface area contributed by atoms with Crippen molar-refractivity contribution < 1.29 is 13.9 Å². The summed E-state index contributed by atoms with van der Waals surface area (Å²) >= 11 is 0. The summed E-state index contributed by atoms with van der Waals surface area (Å²) in [5.74, 6) is -0.426. The summed E-state index contributed by atoms with van der Waals surface area (Å²) in [4.78, 5) is 16.0. The zero-order valence-corrected chi connectivity index (χ0v) is 11.6. The SMILES string of the molecule is CCNc1ncc(F)cc1C(=O)NCCC1CCCO1. The van der Waals surface area contributed by atoms with E-state index >= 15 is 0 Å². The lowest BCUT2D eigenvalue weighted by molar-refractivity contribution is 0.0907. The molecule has 0 aliphatic carbocycles. The van der Waals surface area contributed by atoms with Gasteiger partial charge in [-0.25, -0.2) is 9.37 Å². The van der Waals surface area contributed by atoms with Crippen LogP contribution in [0, 0.1) is 5.82 Å². The highest BCUT2D eigenvalue weighted by atomic mass is 19.1. The van der Waals surface area contributed by atoms with Crippen LogP contribution >= 0.6 is 0 Å². The van der Waals surface area contributed by atoms with Crippen LogP contribution in [-0.4, -0.2) is 36.7 Å². The molecule has 1 amide bonds. The van der Waals surface area contributed by atoms with E-state index < -0.39 is 5.82 Å². The molecule has 1 aromatic heterocycles. The van der Waals surface area contributed by atoms with E-state index in [0.717, 1.165) is 32.1 Å². The summed E-state index contributed by atoms with van der Waals surface area (Å²) in [7, 11) is 0. The Morgan fingerprint density at radius 2 is 2.45 bits per heavy atom. The van der Waals surface area contributed by atoms with Crippen LogP contribution in [0.25, 0.3) is 0 Å². The van der Waals surface area contributed by atoms with Crippen LogP contribution in [0.5, 0.6) is 0 Å². The van der Waals surface area contributed by atoms with E-state index in [1.165, 1.54) is 6.07 Å². The van der Waals surface area contributed by atoms with Gasteiger partial charge in [-0.1, -0.05) is 0 Å². The largest absolute Gasteiger partial charge is 0.378 e. The van der Waals surface area contributed by atoms with Crippen LogP contribution in [0.15, 0.2) is 12.3 Å². The first-order valence-electron chi connectivity index (χ1n) is 7.00. The van der Waals surface area contributed by atoms with Gasteiger partial charge < -0.3 is 15.4 Å². The van der Waals surface area contributed by atoms with Gasteiger partial charge in [-0.05, 0) is 32.3 Å². The van der Waals surface area contributed by atoms with E-state index in [0.29, 0.717) is 18.9 Å². The Morgan fingerprint density at radius 1 is 1.60 bits per heavy atom. The quantitative estimate of drug-likeness (QED) is 0.836. The molecule has 1 aliphatic heterocycles. The van der Waals surface area contributed by atoms with Crippen molar-refractivity contribution in [1.82, 2.24) is 10.3 Å². The van der Waals surface area contributed by atoms with Crippen LogP contribution in [-0.2, 0) is 4.74 Å². The molecule has 1 fully saturated rings. The molecule has 20 heavy (non-hydrogen) atoms. The molecule has 110 valence electrons. The first kappa shape index (κ1) is 14.7. The average Bonchev–Trinajstić information content (AvgIpc) is 2.94. The first-order valence-corrected chi connectivity index (χ1v) is 7.00. The van der Waals surface area contributed by atoms with Crippen LogP contribution < -0.4 is 10.6 Å². The molecule has 1 aromatic rings. The van der Waals surface area contributed by atoms with E-state index in [1.54, 1.807) is 0 Å². The maximum atomic E-state index is 13.2. The predicted molar refractivity (Wildman–Crippen MR) is 74.3 cm³/mol. The molecule has 1 unspecified atom stereocenters. The number of hydrogen-bond donors (Lipinski definition) is 2. The number of amides is 1. The number of hydrogen-bond acceptors (Lipinski definition) is 4. The highest BCUT2D eigenvalue weighted by molar-refractivity contribution is 5.98. The molecule has 0 saturated carbocycles. The lowest BCUT2D eigenvalue weighted by Crippen LogP contribution is -2.28. The molecule has 1 atom stereocenters. The number of nitrogens with zero attached hydrogens (tertiary/aromatic N) is 1. The fourth-order valence-electron chi connectivity index (χ4n) is 2.23. The minimum Gasteiger partial charge on any atom is -0.378 e. The molecular weight excluding hydrogens is 261 g/mol. The monoisotopic (exact) mass is 281 g/mol. The molecule has 0 aromatic carbocycles. The Morgan fingerprint density at radius 3 is 3.15 bits per heavy atom. The van der Waals surface area contributed by atoms with Gasteiger partial charge in [0.25, 0.3) is 5.91 Å². The molecule has 5 nitrogen and oxygen atoms in total. The summed E-state index contributed by atoms with van der Waals surface area (Å²) in [6.45, 7) is 3.83. The van der Waals surface area contributed by atoms with Crippen molar-refractivity contribution in [3.8, 4) is 0 Å². The fourth-order valence-corrected chi connectivity index (χ4v) is 2.23. The summed E-state index contributed by atoms with van der Waals surface area (Å²) in [5, 5.41) is 5.74. The molecule has 2 rings (SSSR count). The maximum Gasteiger partial charge on any atom is 0.255 e. The molecular formula is C14H20FN3O2. The van der Waals surface area contributed by atoms with Crippen LogP contribution in [0.2, 0.25) is 0 Å². The molecule has 2 heterocycles. The molecule has 0 spiro atoms. The summed E-state index contributed by atoms with van der Waals surface area (Å²) in [5.41, 5.74) is 0.235. The number of rotatable bonds is 6. The third-order valence-corrected chi connectivity index (χ3v) is 3.22. The summed E-state index contributed by atoms with van der Waals surface area (Å²) in [6, 6.07) is 1.20. The molecule has 1 aliphatic rings. The first-order chi connectivity index (χ1) is 9.70. The van der Waals surface area contributed by atoms with Gasteiger partial charge in [0.1, 0.15) is 11.6 Å².